The molecular weight excluding hydrogens is 286 g/mol. The van der Waals surface area contributed by atoms with Gasteiger partial charge in [0.15, 0.2) is 12.6 Å². The highest BCUT2D eigenvalue weighted by Crippen LogP contribution is 2.33. The number of amides is 1. The molecule has 2 saturated heterocycles. The van der Waals surface area contributed by atoms with Crippen LogP contribution in [0.3, 0.4) is 0 Å². The number of carbonyl (C=O) groups is 1. The smallest absolute Gasteiger partial charge is 0.217 e. The molecule has 0 radical (unpaired) electrons. The summed E-state index contributed by atoms with van der Waals surface area (Å²) in [6.07, 6.45) is -0.569. The summed E-state index contributed by atoms with van der Waals surface area (Å²) in [7, 11) is 1.57. The normalized spacial score (nSPS) is 34.7. The first kappa shape index (κ1) is 15.4. The Morgan fingerprint density at radius 3 is 2.68 bits per heavy atom. The Bertz CT molecular complexity index is 509. The summed E-state index contributed by atoms with van der Waals surface area (Å²) in [6, 6.07) is 9.57. The maximum atomic E-state index is 11.3. The standard InChI is InChI=1S/C16H21NO5/c1-10(18)17-12-8-13-14(22-16(12)19-2)9-20-15(21-13)11-6-4-3-5-7-11/h3-7,12-16H,8-9H2,1-2H3,(H,17,18)/t12-,13+,14-,15?,16-/m1/s1. The van der Waals surface area contributed by atoms with Crippen LogP contribution in [0.1, 0.15) is 25.2 Å². The van der Waals surface area contributed by atoms with Crippen LogP contribution in [0.15, 0.2) is 30.3 Å². The summed E-state index contributed by atoms with van der Waals surface area (Å²) in [6.45, 7) is 1.92. The van der Waals surface area contributed by atoms with Gasteiger partial charge in [-0.2, -0.15) is 0 Å². The zero-order valence-electron chi connectivity index (χ0n) is 12.7. The molecule has 1 N–H and O–H groups in total. The topological polar surface area (TPSA) is 66.0 Å². The Hall–Kier alpha value is -1.47. The van der Waals surface area contributed by atoms with E-state index in [1.807, 2.05) is 30.3 Å². The molecule has 120 valence electrons. The molecule has 6 heteroatoms. The maximum Gasteiger partial charge on any atom is 0.217 e. The van der Waals surface area contributed by atoms with Gasteiger partial charge in [-0.3, -0.25) is 4.79 Å². The lowest BCUT2D eigenvalue weighted by atomic mass is 9.99. The highest BCUT2D eigenvalue weighted by molar-refractivity contribution is 5.73. The molecule has 0 spiro atoms. The van der Waals surface area contributed by atoms with E-state index in [0.717, 1.165) is 5.56 Å². The first-order valence-corrected chi connectivity index (χ1v) is 7.44. The number of methoxy groups -OCH3 is 1. The number of hydrogen-bond donors (Lipinski definition) is 1. The van der Waals surface area contributed by atoms with Gasteiger partial charge in [-0.05, 0) is 0 Å². The largest absolute Gasteiger partial charge is 0.354 e. The second-order valence-electron chi connectivity index (χ2n) is 5.57. The van der Waals surface area contributed by atoms with Crippen molar-refractivity contribution in [3.05, 3.63) is 35.9 Å². The van der Waals surface area contributed by atoms with Gasteiger partial charge in [0.2, 0.25) is 5.91 Å². The molecule has 6 nitrogen and oxygen atoms in total. The third-order valence-electron chi connectivity index (χ3n) is 3.94. The fourth-order valence-corrected chi connectivity index (χ4v) is 2.93. The molecule has 2 aliphatic rings. The SMILES string of the molecule is CO[C@@H]1O[C@@H]2COC(c3ccccc3)O[C@H]2C[C@H]1NC(C)=O. The van der Waals surface area contributed by atoms with Crippen LogP contribution in [0.5, 0.6) is 0 Å². The number of rotatable bonds is 3. The van der Waals surface area contributed by atoms with Crippen molar-refractivity contribution in [2.75, 3.05) is 13.7 Å². The average molecular weight is 307 g/mol. The number of fused-ring (bicyclic) bond motifs is 1. The third-order valence-corrected chi connectivity index (χ3v) is 3.94. The van der Waals surface area contributed by atoms with Crippen LogP contribution in [-0.2, 0) is 23.7 Å². The number of hydrogen-bond acceptors (Lipinski definition) is 5. The monoisotopic (exact) mass is 307 g/mol. The van der Waals surface area contributed by atoms with Gasteiger partial charge in [0.25, 0.3) is 0 Å². The Kier molecular flexibility index (Phi) is 4.73. The summed E-state index contributed by atoms with van der Waals surface area (Å²) < 4.78 is 22.9. The van der Waals surface area contributed by atoms with Crippen LogP contribution >= 0.6 is 0 Å². The molecule has 5 atom stereocenters. The quantitative estimate of drug-likeness (QED) is 0.913. The van der Waals surface area contributed by atoms with Crippen LogP contribution < -0.4 is 5.32 Å². The number of carbonyl (C=O) groups excluding carboxylic acids is 1. The second-order valence-corrected chi connectivity index (χ2v) is 5.57. The molecular formula is C16H21NO5. The number of nitrogens with one attached hydrogen (secondary N) is 1. The van der Waals surface area contributed by atoms with E-state index in [2.05, 4.69) is 5.32 Å². The van der Waals surface area contributed by atoms with Gasteiger partial charge in [0.05, 0.1) is 18.8 Å². The molecule has 1 amide bonds. The van der Waals surface area contributed by atoms with Crippen molar-refractivity contribution < 1.29 is 23.7 Å². The predicted molar refractivity (Wildman–Crippen MR) is 77.9 cm³/mol. The molecule has 3 rings (SSSR count). The molecule has 2 aliphatic heterocycles. The molecule has 0 aliphatic carbocycles. The predicted octanol–water partition coefficient (Wildman–Crippen LogP) is 1.37. The molecule has 0 aromatic heterocycles. The molecule has 2 heterocycles. The van der Waals surface area contributed by atoms with Crippen molar-refractivity contribution in [3.63, 3.8) is 0 Å². The van der Waals surface area contributed by atoms with Crippen LogP contribution in [-0.4, -0.2) is 44.2 Å². The summed E-state index contributed by atoms with van der Waals surface area (Å²) in [5, 5.41) is 2.86. The second kappa shape index (κ2) is 6.75. The van der Waals surface area contributed by atoms with Gasteiger partial charge in [-0.1, -0.05) is 30.3 Å². The lowest BCUT2D eigenvalue weighted by molar-refractivity contribution is -0.318. The zero-order valence-corrected chi connectivity index (χ0v) is 12.7. The summed E-state index contributed by atoms with van der Waals surface area (Å²) in [4.78, 5) is 11.3. The van der Waals surface area contributed by atoms with E-state index in [1.54, 1.807) is 7.11 Å². The van der Waals surface area contributed by atoms with E-state index in [9.17, 15) is 4.79 Å². The van der Waals surface area contributed by atoms with Gasteiger partial charge in [-0.25, -0.2) is 0 Å². The van der Waals surface area contributed by atoms with Crippen LogP contribution in [0.2, 0.25) is 0 Å². The van der Waals surface area contributed by atoms with E-state index in [-0.39, 0.29) is 24.2 Å². The van der Waals surface area contributed by atoms with Crippen LogP contribution in [0.4, 0.5) is 0 Å². The summed E-state index contributed by atoms with van der Waals surface area (Å²) >= 11 is 0. The van der Waals surface area contributed by atoms with Crippen LogP contribution in [0.25, 0.3) is 0 Å². The van der Waals surface area contributed by atoms with Crippen molar-refractivity contribution in [3.8, 4) is 0 Å². The van der Waals surface area contributed by atoms with Gasteiger partial charge in [-0.15, -0.1) is 0 Å². The first-order valence-electron chi connectivity index (χ1n) is 7.44. The minimum atomic E-state index is -0.481. The van der Waals surface area contributed by atoms with Crippen molar-refractivity contribution in [1.82, 2.24) is 5.32 Å². The van der Waals surface area contributed by atoms with E-state index in [0.29, 0.717) is 13.0 Å². The summed E-state index contributed by atoms with van der Waals surface area (Å²) in [5.74, 6) is -0.110. The van der Waals surface area contributed by atoms with Gasteiger partial charge in [0.1, 0.15) is 6.10 Å². The van der Waals surface area contributed by atoms with E-state index < -0.39 is 12.6 Å². The number of ether oxygens (including phenoxy) is 4. The van der Waals surface area contributed by atoms with Crippen molar-refractivity contribution >= 4 is 5.91 Å². The molecule has 0 saturated carbocycles. The number of benzene rings is 1. The zero-order chi connectivity index (χ0) is 15.5. The third kappa shape index (κ3) is 3.30. The first-order chi connectivity index (χ1) is 10.7. The average Bonchev–Trinajstić information content (AvgIpc) is 2.54. The minimum absolute atomic E-state index is 0.110. The Morgan fingerprint density at radius 2 is 2.00 bits per heavy atom. The fourth-order valence-electron chi connectivity index (χ4n) is 2.93. The van der Waals surface area contributed by atoms with Gasteiger partial charge in [0, 0.05) is 26.0 Å². The molecule has 2 fully saturated rings. The lowest BCUT2D eigenvalue weighted by Gasteiger charge is -2.44. The fraction of sp³-hybridized carbons (Fsp3) is 0.562. The summed E-state index contributed by atoms with van der Waals surface area (Å²) in [5.41, 5.74) is 0.978. The Morgan fingerprint density at radius 1 is 1.23 bits per heavy atom. The molecule has 1 unspecified atom stereocenters. The molecule has 1 aromatic rings. The van der Waals surface area contributed by atoms with Crippen LogP contribution in [0, 0.1) is 0 Å². The van der Waals surface area contributed by atoms with E-state index in [1.165, 1.54) is 6.92 Å². The van der Waals surface area contributed by atoms with E-state index in [4.69, 9.17) is 18.9 Å². The van der Waals surface area contributed by atoms with Crippen molar-refractivity contribution in [2.24, 2.45) is 0 Å². The van der Waals surface area contributed by atoms with E-state index >= 15 is 0 Å². The van der Waals surface area contributed by atoms with Gasteiger partial charge >= 0.3 is 0 Å². The maximum absolute atomic E-state index is 11.3. The van der Waals surface area contributed by atoms with Gasteiger partial charge < -0.3 is 24.3 Å². The molecule has 1 aromatic carbocycles. The van der Waals surface area contributed by atoms with Crippen molar-refractivity contribution in [2.45, 2.75) is 44.2 Å². The molecule has 0 bridgehead atoms. The molecule has 22 heavy (non-hydrogen) atoms. The highest BCUT2D eigenvalue weighted by atomic mass is 16.7. The Balaban J connectivity index is 1.69. The highest BCUT2D eigenvalue weighted by Gasteiger charge is 2.43. The lowest BCUT2D eigenvalue weighted by Crippen LogP contribution is -2.58. The van der Waals surface area contributed by atoms with Crippen molar-refractivity contribution in [1.29, 1.82) is 0 Å². The minimum Gasteiger partial charge on any atom is -0.354 e. The Labute approximate surface area is 129 Å².